The lowest BCUT2D eigenvalue weighted by molar-refractivity contribution is -0.132. The van der Waals surface area contributed by atoms with Gasteiger partial charge in [0, 0.05) is 12.4 Å². The Morgan fingerprint density at radius 3 is 2.92 bits per heavy atom. The highest BCUT2D eigenvalue weighted by Gasteiger charge is 1.99. The van der Waals surface area contributed by atoms with Crippen LogP contribution in [0.4, 0.5) is 0 Å². The first kappa shape index (κ1) is 8.26. The molecule has 62 valence electrons. The van der Waals surface area contributed by atoms with E-state index in [1.807, 2.05) is 0 Å². The molecule has 1 heterocycles. The number of carbonyl (C=O) groups is 1. The molecule has 0 fully saturated rings. The third kappa shape index (κ3) is 2.09. The van der Waals surface area contributed by atoms with Crippen LogP contribution in [0.1, 0.15) is 5.56 Å². The largest absolute Gasteiger partial charge is 0.477 e. The molecule has 1 rings (SSSR count). The highest BCUT2D eigenvalue weighted by Crippen LogP contribution is 2.00. The summed E-state index contributed by atoms with van der Waals surface area (Å²) in [5, 5.41) is 8.43. The number of carboxylic acid groups (broad SMARTS) is 1. The van der Waals surface area contributed by atoms with Crippen LogP contribution in [-0.4, -0.2) is 16.1 Å². The molecule has 0 aliphatic rings. The molecule has 0 aliphatic heterocycles. The maximum atomic E-state index is 10.3. The molecule has 1 aromatic rings. The normalized spacial score (nSPS) is 11.2. The zero-order valence-corrected chi connectivity index (χ0v) is 6.27. The third-order valence-corrected chi connectivity index (χ3v) is 1.25. The van der Waals surface area contributed by atoms with Gasteiger partial charge in [-0.2, -0.15) is 0 Å². The van der Waals surface area contributed by atoms with E-state index in [0.717, 1.165) is 0 Å². The number of hydrogen-bond donors (Lipinski definition) is 2. The molecule has 1 aromatic heterocycles. The molecule has 4 nitrogen and oxygen atoms in total. The summed E-state index contributed by atoms with van der Waals surface area (Å²) in [7, 11) is 0. The van der Waals surface area contributed by atoms with Crippen molar-refractivity contribution in [3.05, 3.63) is 35.8 Å². The first-order valence-corrected chi connectivity index (χ1v) is 3.30. The van der Waals surface area contributed by atoms with Gasteiger partial charge in [0.05, 0.1) is 0 Å². The quantitative estimate of drug-likeness (QED) is 0.623. The van der Waals surface area contributed by atoms with Crippen LogP contribution in [0.2, 0.25) is 0 Å². The Hall–Kier alpha value is -1.84. The average molecular weight is 164 g/mol. The molecule has 0 aliphatic carbocycles. The van der Waals surface area contributed by atoms with Crippen LogP contribution in [0.15, 0.2) is 30.2 Å². The second-order valence-corrected chi connectivity index (χ2v) is 2.19. The van der Waals surface area contributed by atoms with E-state index in [4.69, 9.17) is 10.8 Å². The zero-order valence-electron chi connectivity index (χ0n) is 6.27. The van der Waals surface area contributed by atoms with E-state index in [1.165, 1.54) is 12.3 Å². The minimum atomic E-state index is -1.13. The van der Waals surface area contributed by atoms with Crippen LogP contribution in [0, 0.1) is 0 Å². The number of nitrogens with zero attached hydrogens (tertiary/aromatic N) is 1. The lowest BCUT2D eigenvalue weighted by Crippen LogP contribution is -2.09. The fraction of sp³-hybridized carbons (Fsp3) is 0. The highest BCUT2D eigenvalue weighted by atomic mass is 16.4. The van der Waals surface area contributed by atoms with Gasteiger partial charge in [0.15, 0.2) is 0 Å². The van der Waals surface area contributed by atoms with Crippen molar-refractivity contribution in [2.75, 3.05) is 0 Å². The summed E-state index contributed by atoms with van der Waals surface area (Å²) in [5.74, 6) is -1.13. The van der Waals surface area contributed by atoms with Crippen LogP contribution in [0.5, 0.6) is 0 Å². The fourth-order valence-electron chi connectivity index (χ4n) is 0.703. The van der Waals surface area contributed by atoms with Gasteiger partial charge in [-0.1, -0.05) is 6.07 Å². The summed E-state index contributed by atoms with van der Waals surface area (Å²) in [6.45, 7) is 0. The Kier molecular flexibility index (Phi) is 2.42. The van der Waals surface area contributed by atoms with Crippen LogP contribution in [0.25, 0.3) is 6.08 Å². The van der Waals surface area contributed by atoms with E-state index >= 15 is 0 Å². The van der Waals surface area contributed by atoms with Crippen LogP contribution in [0.3, 0.4) is 0 Å². The molecule has 12 heavy (non-hydrogen) atoms. The van der Waals surface area contributed by atoms with Crippen LogP contribution >= 0.6 is 0 Å². The molecule has 3 N–H and O–H groups in total. The fourth-order valence-corrected chi connectivity index (χ4v) is 0.703. The number of rotatable bonds is 2. The van der Waals surface area contributed by atoms with Crippen molar-refractivity contribution in [1.29, 1.82) is 0 Å². The molecule has 4 heteroatoms. The monoisotopic (exact) mass is 164 g/mol. The molecule has 0 saturated carbocycles. The van der Waals surface area contributed by atoms with Crippen LogP contribution in [-0.2, 0) is 4.79 Å². The number of hydrogen-bond acceptors (Lipinski definition) is 3. The Morgan fingerprint density at radius 1 is 1.67 bits per heavy atom. The minimum absolute atomic E-state index is 0.192. The Bertz CT molecular complexity index is 306. The Balaban J connectivity index is 2.89. The van der Waals surface area contributed by atoms with E-state index in [0.29, 0.717) is 5.56 Å². The summed E-state index contributed by atoms with van der Waals surface area (Å²) in [5.41, 5.74) is 5.67. The maximum Gasteiger partial charge on any atom is 0.351 e. The number of aliphatic carboxylic acids is 1. The van der Waals surface area contributed by atoms with Gasteiger partial charge in [0.2, 0.25) is 0 Å². The van der Waals surface area contributed by atoms with E-state index < -0.39 is 5.97 Å². The number of pyridine rings is 1. The van der Waals surface area contributed by atoms with Crippen molar-refractivity contribution in [1.82, 2.24) is 4.98 Å². The summed E-state index contributed by atoms with van der Waals surface area (Å²) in [4.78, 5) is 14.1. The Labute approximate surface area is 69.4 Å². The van der Waals surface area contributed by atoms with Crippen molar-refractivity contribution in [3.63, 3.8) is 0 Å². The predicted octanol–water partition coefficient (Wildman–Crippen LogP) is 0.466. The first-order valence-electron chi connectivity index (χ1n) is 3.30. The molecule has 0 saturated heterocycles. The summed E-state index contributed by atoms with van der Waals surface area (Å²) >= 11 is 0. The van der Waals surface area contributed by atoms with Crippen molar-refractivity contribution in [3.8, 4) is 0 Å². The standard InChI is InChI=1S/C8H8N2O2/c9-7(8(11)12)4-6-2-1-3-10-5-6/h1-5H,9H2,(H,11,12)/b7-4-. The molecule has 0 aromatic carbocycles. The molecule has 0 spiro atoms. The van der Waals surface area contributed by atoms with Crippen LogP contribution < -0.4 is 5.73 Å². The second-order valence-electron chi connectivity index (χ2n) is 2.19. The first-order chi connectivity index (χ1) is 5.70. The number of carboxylic acids is 1. The third-order valence-electron chi connectivity index (χ3n) is 1.25. The van der Waals surface area contributed by atoms with Gasteiger partial charge in [0.25, 0.3) is 0 Å². The van der Waals surface area contributed by atoms with Crippen molar-refractivity contribution < 1.29 is 9.90 Å². The van der Waals surface area contributed by atoms with Crippen molar-refractivity contribution in [2.24, 2.45) is 5.73 Å². The van der Waals surface area contributed by atoms with E-state index in [1.54, 1.807) is 18.3 Å². The van der Waals surface area contributed by atoms with Gasteiger partial charge in [0.1, 0.15) is 5.70 Å². The van der Waals surface area contributed by atoms with Gasteiger partial charge in [-0.15, -0.1) is 0 Å². The lowest BCUT2D eigenvalue weighted by Gasteiger charge is -1.93. The van der Waals surface area contributed by atoms with Gasteiger partial charge >= 0.3 is 5.97 Å². The highest BCUT2D eigenvalue weighted by molar-refractivity contribution is 5.90. The molecule has 0 atom stereocenters. The molecular weight excluding hydrogens is 156 g/mol. The van der Waals surface area contributed by atoms with Crippen molar-refractivity contribution >= 4 is 12.0 Å². The van der Waals surface area contributed by atoms with Gasteiger partial charge in [-0.3, -0.25) is 4.98 Å². The maximum absolute atomic E-state index is 10.3. The minimum Gasteiger partial charge on any atom is -0.477 e. The number of nitrogens with two attached hydrogens (primary N) is 1. The molecule has 0 radical (unpaired) electrons. The molecule has 0 amide bonds. The molecule has 0 bridgehead atoms. The van der Waals surface area contributed by atoms with E-state index in [-0.39, 0.29) is 5.70 Å². The predicted molar refractivity (Wildman–Crippen MR) is 44.0 cm³/mol. The lowest BCUT2D eigenvalue weighted by atomic mass is 10.2. The Morgan fingerprint density at radius 2 is 2.42 bits per heavy atom. The topological polar surface area (TPSA) is 76.2 Å². The summed E-state index contributed by atoms with van der Waals surface area (Å²) in [6.07, 6.45) is 4.50. The zero-order chi connectivity index (χ0) is 8.97. The molecular formula is C8H8N2O2. The van der Waals surface area contributed by atoms with E-state index in [9.17, 15) is 4.79 Å². The average Bonchev–Trinajstić information content (AvgIpc) is 2.06. The SMILES string of the molecule is N/C(=C\c1cccnc1)C(=O)O. The van der Waals surface area contributed by atoms with Crippen molar-refractivity contribution in [2.45, 2.75) is 0 Å². The number of aromatic nitrogens is 1. The smallest absolute Gasteiger partial charge is 0.351 e. The van der Waals surface area contributed by atoms with Gasteiger partial charge < -0.3 is 10.8 Å². The second kappa shape index (κ2) is 3.52. The summed E-state index contributed by atoms with van der Waals surface area (Å²) < 4.78 is 0. The van der Waals surface area contributed by atoms with Gasteiger partial charge in [-0.05, 0) is 17.7 Å². The molecule has 0 unspecified atom stereocenters. The van der Waals surface area contributed by atoms with E-state index in [2.05, 4.69) is 4.98 Å². The van der Waals surface area contributed by atoms with Gasteiger partial charge in [-0.25, -0.2) is 4.79 Å². The summed E-state index contributed by atoms with van der Waals surface area (Å²) in [6, 6.07) is 3.43.